The van der Waals surface area contributed by atoms with E-state index in [4.69, 9.17) is 0 Å². The van der Waals surface area contributed by atoms with Crippen LogP contribution in [0.3, 0.4) is 0 Å². The van der Waals surface area contributed by atoms with E-state index in [0.29, 0.717) is 10.8 Å². The summed E-state index contributed by atoms with van der Waals surface area (Å²) in [6.07, 6.45) is 17.1. The Morgan fingerprint density at radius 1 is 0.900 bits per heavy atom. The van der Waals surface area contributed by atoms with Gasteiger partial charge in [-0.15, -0.1) is 0 Å². The zero-order valence-electron chi connectivity index (χ0n) is 13.7. The van der Waals surface area contributed by atoms with Gasteiger partial charge in [0.2, 0.25) is 0 Å². The monoisotopic (exact) mass is 272 g/mol. The fraction of sp³-hybridized carbons (Fsp3) is 0.900. The van der Waals surface area contributed by atoms with Gasteiger partial charge < -0.3 is 0 Å². The van der Waals surface area contributed by atoms with Gasteiger partial charge in [-0.3, -0.25) is 0 Å². The van der Waals surface area contributed by atoms with Crippen LogP contribution in [0.5, 0.6) is 0 Å². The summed E-state index contributed by atoms with van der Waals surface area (Å²) in [4.78, 5) is 0. The number of fused-ring (bicyclic) bond motifs is 5. The number of allylic oxidation sites excluding steroid dienone is 2. The second-order valence-corrected chi connectivity index (χ2v) is 9.02. The van der Waals surface area contributed by atoms with Crippen LogP contribution < -0.4 is 0 Å². The van der Waals surface area contributed by atoms with Crippen molar-refractivity contribution in [2.45, 2.75) is 72.1 Å². The predicted molar refractivity (Wildman–Crippen MR) is 85.4 cm³/mol. The second kappa shape index (κ2) is 4.37. The van der Waals surface area contributed by atoms with E-state index in [-0.39, 0.29) is 0 Å². The lowest BCUT2D eigenvalue weighted by Gasteiger charge is -2.59. The molecule has 0 aromatic carbocycles. The molecule has 20 heavy (non-hydrogen) atoms. The fourth-order valence-electron chi connectivity index (χ4n) is 7.08. The molecule has 112 valence electrons. The Kier molecular flexibility index (Phi) is 2.93. The first-order valence-corrected chi connectivity index (χ1v) is 9.23. The average Bonchev–Trinajstić information content (AvgIpc) is 2.74. The van der Waals surface area contributed by atoms with E-state index in [1.54, 1.807) is 6.42 Å². The molecule has 4 aliphatic rings. The number of hydrogen-bond acceptors (Lipinski definition) is 0. The van der Waals surface area contributed by atoms with Gasteiger partial charge in [-0.05, 0) is 91.8 Å². The summed E-state index contributed by atoms with van der Waals surface area (Å²) in [7, 11) is 0. The highest BCUT2D eigenvalue weighted by Gasteiger charge is 2.58. The number of rotatable bonds is 0. The lowest BCUT2D eigenvalue weighted by atomic mass is 9.46. The molecule has 0 nitrogen and oxygen atoms in total. The van der Waals surface area contributed by atoms with Crippen molar-refractivity contribution >= 4 is 0 Å². The summed E-state index contributed by atoms with van der Waals surface area (Å²) < 4.78 is 0. The van der Waals surface area contributed by atoms with Gasteiger partial charge in [0.1, 0.15) is 0 Å². The predicted octanol–water partition coefficient (Wildman–Crippen LogP) is 5.83. The van der Waals surface area contributed by atoms with Crippen LogP contribution in [-0.4, -0.2) is 0 Å². The molecule has 2 unspecified atom stereocenters. The molecule has 0 heterocycles. The Hall–Kier alpha value is -0.260. The third-order valence-electron chi connectivity index (χ3n) is 8.60. The Morgan fingerprint density at radius 3 is 2.60 bits per heavy atom. The molecule has 4 rings (SSSR count). The summed E-state index contributed by atoms with van der Waals surface area (Å²) in [6, 6.07) is 0. The van der Waals surface area contributed by atoms with Crippen LogP contribution in [0.4, 0.5) is 0 Å². The van der Waals surface area contributed by atoms with Crippen LogP contribution in [0.15, 0.2) is 12.2 Å². The second-order valence-electron chi connectivity index (χ2n) is 9.02. The Morgan fingerprint density at radius 2 is 1.75 bits per heavy atom. The fourth-order valence-corrected chi connectivity index (χ4v) is 7.08. The average molecular weight is 272 g/mol. The molecule has 7 atom stereocenters. The standard InChI is InChI=1S/C20H32/c1-14-7-10-17-16-9-8-15-6-4-5-12-20(15,3)18(16)11-13-19(14,17)2/h5,12,14-18H,4,6-11,13H2,1-3H3/t14?,15?,16-,17-,18+,19+,20-/m0/s1. The lowest BCUT2D eigenvalue weighted by Crippen LogP contribution is -2.51. The smallest absolute Gasteiger partial charge is 0.00872 e. The molecule has 0 radical (unpaired) electrons. The van der Waals surface area contributed by atoms with Gasteiger partial charge in [-0.1, -0.05) is 32.9 Å². The molecule has 0 N–H and O–H groups in total. The molecule has 0 aromatic heterocycles. The van der Waals surface area contributed by atoms with Crippen LogP contribution in [0.1, 0.15) is 72.1 Å². The Labute approximate surface area is 125 Å². The van der Waals surface area contributed by atoms with E-state index < -0.39 is 0 Å². The van der Waals surface area contributed by atoms with E-state index in [9.17, 15) is 0 Å². The molecule has 0 aliphatic heterocycles. The molecule has 0 bridgehead atoms. The van der Waals surface area contributed by atoms with E-state index in [2.05, 4.69) is 32.9 Å². The highest BCUT2D eigenvalue weighted by Crippen LogP contribution is 2.66. The minimum absolute atomic E-state index is 0.550. The largest absolute Gasteiger partial charge is 0.0880 e. The van der Waals surface area contributed by atoms with E-state index in [0.717, 1.165) is 29.6 Å². The van der Waals surface area contributed by atoms with Crippen molar-refractivity contribution in [1.82, 2.24) is 0 Å². The van der Waals surface area contributed by atoms with Crippen LogP contribution in [-0.2, 0) is 0 Å². The van der Waals surface area contributed by atoms with Gasteiger partial charge in [0.15, 0.2) is 0 Å². The molecule has 0 spiro atoms. The maximum atomic E-state index is 2.65. The van der Waals surface area contributed by atoms with Crippen LogP contribution in [0, 0.1) is 40.4 Å². The Balaban J connectivity index is 1.68. The summed E-state index contributed by atoms with van der Waals surface area (Å²) in [5.74, 6) is 5.06. The van der Waals surface area contributed by atoms with Crippen LogP contribution in [0.25, 0.3) is 0 Å². The SMILES string of the molecule is CC1CC[C@H]2[C@@H]3CCC4CCC=C[C@]4(C)[C@@H]3CC[C@]12C. The van der Waals surface area contributed by atoms with Gasteiger partial charge in [0.05, 0.1) is 0 Å². The van der Waals surface area contributed by atoms with E-state index >= 15 is 0 Å². The quantitative estimate of drug-likeness (QED) is 0.487. The highest BCUT2D eigenvalue weighted by atomic mass is 14.6. The molecular formula is C20H32. The third kappa shape index (κ3) is 1.60. The topological polar surface area (TPSA) is 0 Å². The number of hydrogen-bond donors (Lipinski definition) is 0. The summed E-state index contributed by atoms with van der Waals surface area (Å²) >= 11 is 0. The lowest BCUT2D eigenvalue weighted by molar-refractivity contribution is -0.0771. The first-order chi connectivity index (χ1) is 9.56. The van der Waals surface area contributed by atoms with Crippen molar-refractivity contribution in [2.24, 2.45) is 40.4 Å². The zero-order valence-corrected chi connectivity index (χ0v) is 13.7. The molecule has 3 fully saturated rings. The van der Waals surface area contributed by atoms with Crippen molar-refractivity contribution in [3.8, 4) is 0 Å². The van der Waals surface area contributed by atoms with Gasteiger partial charge in [0.25, 0.3) is 0 Å². The van der Waals surface area contributed by atoms with E-state index in [1.165, 1.54) is 44.9 Å². The molecule has 0 amide bonds. The van der Waals surface area contributed by atoms with Gasteiger partial charge in [-0.2, -0.15) is 0 Å². The first-order valence-electron chi connectivity index (χ1n) is 9.23. The third-order valence-corrected chi connectivity index (χ3v) is 8.60. The minimum atomic E-state index is 0.550. The summed E-state index contributed by atoms with van der Waals surface area (Å²) in [5, 5.41) is 0. The molecular weight excluding hydrogens is 240 g/mol. The Bertz CT molecular complexity index is 422. The van der Waals surface area contributed by atoms with Gasteiger partial charge >= 0.3 is 0 Å². The first kappa shape index (κ1) is 13.4. The van der Waals surface area contributed by atoms with Crippen molar-refractivity contribution in [2.75, 3.05) is 0 Å². The molecule has 4 aliphatic carbocycles. The van der Waals surface area contributed by atoms with Crippen molar-refractivity contribution in [3.05, 3.63) is 12.2 Å². The molecule has 3 saturated carbocycles. The molecule has 0 aromatic rings. The van der Waals surface area contributed by atoms with Gasteiger partial charge in [0, 0.05) is 0 Å². The summed E-state index contributed by atoms with van der Waals surface area (Å²) in [6.45, 7) is 7.79. The van der Waals surface area contributed by atoms with E-state index in [1.807, 2.05) is 0 Å². The van der Waals surface area contributed by atoms with Crippen molar-refractivity contribution in [1.29, 1.82) is 0 Å². The molecule has 0 saturated heterocycles. The minimum Gasteiger partial charge on any atom is -0.0880 e. The summed E-state index contributed by atoms with van der Waals surface area (Å²) in [5.41, 5.74) is 1.23. The van der Waals surface area contributed by atoms with Gasteiger partial charge in [-0.25, -0.2) is 0 Å². The van der Waals surface area contributed by atoms with Crippen molar-refractivity contribution in [3.63, 3.8) is 0 Å². The maximum Gasteiger partial charge on any atom is -0.00872 e. The maximum absolute atomic E-state index is 2.65. The zero-order chi connectivity index (χ0) is 14.0. The van der Waals surface area contributed by atoms with Crippen LogP contribution in [0.2, 0.25) is 0 Å². The van der Waals surface area contributed by atoms with Crippen LogP contribution >= 0.6 is 0 Å². The van der Waals surface area contributed by atoms with Crippen molar-refractivity contribution < 1.29 is 0 Å². The molecule has 0 heteroatoms. The normalized spacial score (nSPS) is 57.9. The highest BCUT2D eigenvalue weighted by molar-refractivity contribution is 5.15.